The van der Waals surface area contributed by atoms with Gasteiger partial charge in [-0.15, -0.1) is 0 Å². The molecule has 0 aliphatic carbocycles. The zero-order chi connectivity index (χ0) is 14.0. The fourth-order valence-corrected chi connectivity index (χ4v) is 2.31. The van der Waals surface area contributed by atoms with Crippen LogP contribution in [0.1, 0.15) is 41.5 Å². The van der Waals surface area contributed by atoms with E-state index in [4.69, 9.17) is 4.99 Å². The van der Waals surface area contributed by atoms with Gasteiger partial charge < -0.3 is 10.2 Å². The molecule has 1 fully saturated rings. The summed E-state index contributed by atoms with van der Waals surface area (Å²) in [5, 5.41) is 4.00. The van der Waals surface area contributed by atoms with Gasteiger partial charge in [-0.2, -0.15) is 11.8 Å². The van der Waals surface area contributed by atoms with E-state index in [1.54, 1.807) is 0 Å². The number of thioether (sulfide) groups is 1. The second kappa shape index (κ2) is 5.72. The molecule has 0 aromatic heterocycles. The summed E-state index contributed by atoms with van der Waals surface area (Å²) in [6.45, 7) is 16.5. The Hall–Kier alpha value is -0.380. The molecule has 1 rings (SSSR count). The molecule has 0 radical (unpaired) electrons. The molecule has 4 heteroatoms. The van der Waals surface area contributed by atoms with E-state index in [1.807, 2.05) is 11.8 Å². The zero-order valence-electron chi connectivity index (χ0n) is 13.0. The van der Waals surface area contributed by atoms with E-state index < -0.39 is 0 Å². The maximum atomic E-state index is 4.78. The lowest BCUT2D eigenvalue weighted by molar-refractivity contribution is -0.0667. The van der Waals surface area contributed by atoms with Crippen LogP contribution in [0.5, 0.6) is 0 Å². The summed E-state index contributed by atoms with van der Waals surface area (Å²) < 4.78 is 0. The molecule has 3 nitrogen and oxygen atoms in total. The van der Waals surface area contributed by atoms with Gasteiger partial charge in [0.05, 0.1) is 6.54 Å². The number of nitrogens with zero attached hydrogens (tertiary/aromatic N) is 2. The van der Waals surface area contributed by atoms with Crippen LogP contribution in [0.4, 0.5) is 0 Å². The highest BCUT2D eigenvalue weighted by atomic mass is 32.2. The van der Waals surface area contributed by atoms with Gasteiger partial charge in [0.1, 0.15) is 0 Å². The third kappa shape index (κ3) is 2.95. The predicted octanol–water partition coefficient (Wildman–Crippen LogP) is 2.82. The minimum absolute atomic E-state index is 0.177. The molecule has 0 bridgehead atoms. The SMILES string of the molecule is CCNC(=NCC(C)SC)N1CC(C)(C)C1(C)C. The lowest BCUT2D eigenvalue weighted by atomic mass is 9.65. The first-order chi connectivity index (χ1) is 8.26. The first kappa shape index (κ1) is 15.7. The fourth-order valence-electron chi connectivity index (χ4n) is 2.08. The molecule has 1 aliphatic rings. The molecule has 0 amide bonds. The number of nitrogens with one attached hydrogen (secondary N) is 1. The standard InChI is InChI=1S/C14H29N3S/c1-8-15-12(16-9-11(2)18-7)17-10-13(3,4)14(17,5)6/h11H,8-10H2,1-7H3,(H,15,16). The van der Waals surface area contributed by atoms with Crippen molar-refractivity contribution in [2.75, 3.05) is 25.9 Å². The van der Waals surface area contributed by atoms with E-state index in [1.165, 1.54) is 0 Å². The zero-order valence-corrected chi connectivity index (χ0v) is 13.8. The third-order valence-corrected chi connectivity index (χ3v) is 5.33. The largest absolute Gasteiger partial charge is 0.356 e. The summed E-state index contributed by atoms with van der Waals surface area (Å²) in [6.07, 6.45) is 2.14. The van der Waals surface area contributed by atoms with Crippen LogP contribution in [0, 0.1) is 5.41 Å². The second-order valence-corrected chi connectivity index (χ2v) is 7.55. The van der Waals surface area contributed by atoms with Crippen LogP contribution in [0.15, 0.2) is 4.99 Å². The van der Waals surface area contributed by atoms with Gasteiger partial charge >= 0.3 is 0 Å². The van der Waals surface area contributed by atoms with E-state index in [2.05, 4.69) is 58.0 Å². The van der Waals surface area contributed by atoms with Gasteiger partial charge in [-0.25, -0.2) is 0 Å². The van der Waals surface area contributed by atoms with E-state index >= 15 is 0 Å². The van der Waals surface area contributed by atoms with Gasteiger partial charge in [0, 0.05) is 29.3 Å². The Labute approximate surface area is 117 Å². The average molecular weight is 271 g/mol. The first-order valence-electron chi connectivity index (χ1n) is 6.85. The minimum Gasteiger partial charge on any atom is -0.356 e. The highest BCUT2D eigenvalue weighted by Crippen LogP contribution is 2.46. The minimum atomic E-state index is 0.177. The molecule has 1 aliphatic heterocycles. The Kier molecular flexibility index (Phi) is 4.98. The van der Waals surface area contributed by atoms with Gasteiger partial charge in [0.15, 0.2) is 5.96 Å². The third-order valence-electron chi connectivity index (χ3n) is 4.38. The number of likely N-dealkylation sites (tertiary alicyclic amines) is 1. The van der Waals surface area contributed by atoms with E-state index in [0.29, 0.717) is 10.7 Å². The molecule has 0 spiro atoms. The van der Waals surface area contributed by atoms with Gasteiger partial charge in [0.25, 0.3) is 0 Å². The summed E-state index contributed by atoms with van der Waals surface area (Å²) in [6, 6.07) is 0. The van der Waals surface area contributed by atoms with Gasteiger partial charge in [-0.1, -0.05) is 20.8 Å². The number of guanidine groups is 1. The van der Waals surface area contributed by atoms with Gasteiger partial charge in [-0.3, -0.25) is 4.99 Å². The molecule has 18 heavy (non-hydrogen) atoms. The monoisotopic (exact) mass is 271 g/mol. The number of aliphatic imine (C=N–C) groups is 1. The molecule has 0 saturated carbocycles. The Morgan fingerprint density at radius 2 is 2.00 bits per heavy atom. The highest BCUT2D eigenvalue weighted by Gasteiger charge is 2.53. The van der Waals surface area contributed by atoms with Crippen molar-refractivity contribution < 1.29 is 0 Å². The molecular weight excluding hydrogens is 242 g/mol. The van der Waals surface area contributed by atoms with Crippen LogP contribution < -0.4 is 5.32 Å². The van der Waals surface area contributed by atoms with Crippen molar-refractivity contribution in [3.63, 3.8) is 0 Å². The summed E-state index contributed by atoms with van der Waals surface area (Å²) in [5.41, 5.74) is 0.533. The Balaban J connectivity index is 2.75. The van der Waals surface area contributed by atoms with Crippen LogP contribution in [0.25, 0.3) is 0 Å². The van der Waals surface area contributed by atoms with Crippen molar-refractivity contribution in [2.45, 2.75) is 52.3 Å². The average Bonchev–Trinajstić information content (AvgIpc) is 2.31. The molecule has 1 atom stereocenters. The Bertz CT molecular complexity index is 310. The summed E-state index contributed by atoms with van der Waals surface area (Å²) in [7, 11) is 0. The van der Waals surface area contributed by atoms with Crippen LogP contribution in [0.2, 0.25) is 0 Å². The number of rotatable bonds is 4. The first-order valence-corrected chi connectivity index (χ1v) is 8.13. The summed E-state index contributed by atoms with van der Waals surface area (Å²) in [4.78, 5) is 7.18. The quantitative estimate of drug-likeness (QED) is 0.629. The molecule has 1 unspecified atom stereocenters. The van der Waals surface area contributed by atoms with Crippen LogP contribution in [0.3, 0.4) is 0 Å². The van der Waals surface area contributed by atoms with Crippen LogP contribution >= 0.6 is 11.8 Å². The number of hydrogen-bond acceptors (Lipinski definition) is 2. The van der Waals surface area contributed by atoms with Crippen LogP contribution in [-0.2, 0) is 0 Å². The van der Waals surface area contributed by atoms with Crippen molar-refractivity contribution in [3.05, 3.63) is 0 Å². The lowest BCUT2D eigenvalue weighted by Crippen LogP contribution is -2.72. The van der Waals surface area contributed by atoms with Crippen molar-refractivity contribution in [1.29, 1.82) is 0 Å². The normalized spacial score (nSPS) is 23.5. The second-order valence-electron chi connectivity index (χ2n) is 6.27. The van der Waals surface area contributed by atoms with E-state index in [0.717, 1.165) is 25.6 Å². The molecule has 0 aromatic carbocycles. The Morgan fingerprint density at radius 3 is 2.39 bits per heavy atom. The molecule has 0 aromatic rings. The van der Waals surface area contributed by atoms with E-state index in [9.17, 15) is 0 Å². The Morgan fingerprint density at radius 1 is 1.39 bits per heavy atom. The predicted molar refractivity (Wildman–Crippen MR) is 83.5 cm³/mol. The van der Waals surface area contributed by atoms with Crippen molar-refractivity contribution in [2.24, 2.45) is 10.4 Å². The van der Waals surface area contributed by atoms with E-state index in [-0.39, 0.29) is 5.54 Å². The lowest BCUT2D eigenvalue weighted by Gasteiger charge is -2.62. The molecule has 1 N–H and O–H groups in total. The maximum Gasteiger partial charge on any atom is 0.194 e. The smallest absolute Gasteiger partial charge is 0.194 e. The summed E-state index contributed by atoms with van der Waals surface area (Å²) in [5.74, 6) is 1.07. The molecule has 106 valence electrons. The van der Waals surface area contributed by atoms with Crippen molar-refractivity contribution in [3.8, 4) is 0 Å². The van der Waals surface area contributed by atoms with Gasteiger partial charge in [-0.05, 0) is 27.0 Å². The fraction of sp³-hybridized carbons (Fsp3) is 0.929. The van der Waals surface area contributed by atoms with Gasteiger partial charge in [0.2, 0.25) is 0 Å². The summed E-state index contributed by atoms with van der Waals surface area (Å²) >= 11 is 1.87. The maximum absolute atomic E-state index is 4.78. The van der Waals surface area contributed by atoms with Crippen LogP contribution in [-0.4, -0.2) is 47.5 Å². The molecular formula is C14H29N3S. The topological polar surface area (TPSA) is 27.6 Å². The highest BCUT2D eigenvalue weighted by molar-refractivity contribution is 7.99. The molecule has 1 saturated heterocycles. The molecule has 1 heterocycles. The van der Waals surface area contributed by atoms with Crippen molar-refractivity contribution >= 4 is 17.7 Å². The van der Waals surface area contributed by atoms with Crippen molar-refractivity contribution in [1.82, 2.24) is 10.2 Å². The number of hydrogen-bond donors (Lipinski definition) is 1.